The number of hydrogen-bond acceptors (Lipinski definition) is 3. The summed E-state index contributed by atoms with van der Waals surface area (Å²) in [4.78, 5) is 20.1. The SMILES string of the molecule is CN1B(c2c(-c3ccccc3)cccc2-c2ccccc2)n2ccnc2-c2[c-]cccc21.O=c1n(-c2[c-]cccc2)c2ccccc2n1-c1ccccc1.[Ir]. The van der Waals surface area contributed by atoms with Gasteiger partial charge in [0.25, 0.3) is 0 Å². The number of aromatic nitrogens is 4. The zero-order valence-corrected chi connectivity index (χ0v) is 32.3. The van der Waals surface area contributed by atoms with Crippen LogP contribution < -0.4 is 16.0 Å². The maximum atomic E-state index is 13.0. The summed E-state index contributed by atoms with van der Waals surface area (Å²) in [5.74, 6) is 0.950. The van der Waals surface area contributed by atoms with Crippen LogP contribution in [0.5, 0.6) is 0 Å². The molecule has 9 aromatic rings. The smallest absolute Gasteiger partial charge is 0.400 e. The van der Waals surface area contributed by atoms with Crippen molar-refractivity contribution in [2.24, 2.45) is 0 Å². The summed E-state index contributed by atoms with van der Waals surface area (Å²) in [6.07, 6.45) is 3.97. The molecule has 55 heavy (non-hydrogen) atoms. The van der Waals surface area contributed by atoms with Crippen LogP contribution in [0.3, 0.4) is 0 Å². The van der Waals surface area contributed by atoms with E-state index in [4.69, 9.17) is 4.98 Å². The van der Waals surface area contributed by atoms with Gasteiger partial charge in [0.15, 0.2) is 0 Å². The zero-order chi connectivity index (χ0) is 36.4. The Hall–Kier alpha value is -6.47. The molecule has 3 heterocycles. The number of hydrogen-bond donors (Lipinski definition) is 0. The molecule has 0 saturated heterocycles. The topological polar surface area (TPSA) is 48.0 Å². The van der Waals surface area contributed by atoms with Crippen LogP contribution in [-0.2, 0) is 20.1 Å². The van der Waals surface area contributed by atoms with Gasteiger partial charge in [-0.15, -0.1) is 30.3 Å². The van der Waals surface area contributed by atoms with Gasteiger partial charge in [0.05, 0.1) is 16.7 Å². The molecule has 1 aliphatic heterocycles. The van der Waals surface area contributed by atoms with Crippen molar-refractivity contribution in [2.45, 2.75) is 0 Å². The Balaban J connectivity index is 0.000000163. The third-order valence-corrected chi connectivity index (χ3v) is 9.96. The number of imidazole rings is 2. The zero-order valence-electron chi connectivity index (χ0n) is 30.0. The molecule has 0 saturated carbocycles. The Kier molecular flexibility index (Phi) is 10.0. The molecule has 7 aromatic carbocycles. The van der Waals surface area contributed by atoms with Crippen LogP contribution >= 0.6 is 0 Å². The van der Waals surface area contributed by atoms with Crippen LogP contribution in [0.1, 0.15) is 0 Å². The van der Waals surface area contributed by atoms with Gasteiger partial charge in [0.2, 0.25) is 0 Å². The molecule has 267 valence electrons. The predicted molar refractivity (Wildman–Crippen MR) is 221 cm³/mol. The minimum Gasteiger partial charge on any atom is -0.436 e. The van der Waals surface area contributed by atoms with Crippen LogP contribution in [0.15, 0.2) is 193 Å². The maximum Gasteiger partial charge on any atom is 0.400 e. The number of rotatable bonds is 5. The van der Waals surface area contributed by atoms with Crippen LogP contribution in [0, 0.1) is 12.1 Å². The first kappa shape index (κ1) is 35.6. The third kappa shape index (κ3) is 6.46. The van der Waals surface area contributed by atoms with Crippen molar-refractivity contribution in [3.05, 3.63) is 211 Å². The maximum absolute atomic E-state index is 13.0. The summed E-state index contributed by atoms with van der Waals surface area (Å²) in [5.41, 5.74) is 11.6. The van der Waals surface area contributed by atoms with E-state index < -0.39 is 0 Å². The monoisotopic (exact) mass is 888 g/mol. The number of fused-ring (bicyclic) bond motifs is 4. The van der Waals surface area contributed by atoms with Gasteiger partial charge in [0, 0.05) is 38.3 Å². The van der Waals surface area contributed by atoms with Crippen molar-refractivity contribution in [2.75, 3.05) is 11.9 Å². The number of nitrogens with zero attached hydrogens (tertiary/aromatic N) is 5. The second-order valence-corrected chi connectivity index (χ2v) is 13.1. The van der Waals surface area contributed by atoms with Crippen molar-refractivity contribution >= 4 is 29.2 Å². The minimum absolute atomic E-state index is 0. The Labute approximate surface area is 334 Å². The van der Waals surface area contributed by atoms with Gasteiger partial charge < -0.3 is 9.29 Å². The Bertz CT molecular complexity index is 2630. The Morgan fingerprint density at radius 2 is 1.16 bits per heavy atom. The van der Waals surface area contributed by atoms with Gasteiger partial charge >= 0.3 is 12.7 Å². The van der Waals surface area contributed by atoms with Gasteiger partial charge in [-0.25, -0.2) is 4.79 Å². The fourth-order valence-corrected chi connectivity index (χ4v) is 7.57. The van der Waals surface area contributed by atoms with Crippen molar-refractivity contribution in [1.29, 1.82) is 0 Å². The molecule has 10 rings (SSSR count). The molecule has 0 atom stereocenters. The quantitative estimate of drug-likeness (QED) is 0.128. The summed E-state index contributed by atoms with van der Waals surface area (Å²) in [5, 5.41) is 0. The number of para-hydroxylation sites is 4. The second kappa shape index (κ2) is 15.5. The molecule has 2 aromatic heterocycles. The van der Waals surface area contributed by atoms with Crippen molar-refractivity contribution < 1.29 is 20.1 Å². The molecular formula is C47H34BIrN5O-2. The second-order valence-electron chi connectivity index (χ2n) is 13.1. The van der Waals surface area contributed by atoms with E-state index >= 15 is 0 Å². The van der Waals surface area contributed by atoms with Crippen molar-refractivity contribution in [3.8, 4) is 45.0 Å². The predicted octanol–water partition coefficient (Wildman–Crippen LogP) is 8.96. The molecule has 1 aliphatic rings. The summed E-state index contributed by atoms with van der Waals surface area (Å²) in [6.45, 7) is -0.0394. The molecule has 8 heteroatoms. The molecule has 0 N–H and O–H groups in total. The van der Waals surface area contributed by atoms with E-state index in [1.54, 1.807) is 9.13 Å². The van der Waals surface area contributed by atoms with E-state index in [0.717, 1.165) is 39.5 Å². The molecule has 0 aliphatic carbocycles. The minimum atomic E-state index is -0.0881. The van der Waals surface area contributed by atoms with Gasteiger partial charge in [-0.1, -0.05) is 126 Å². The van der Waals surface area contributed by atoms with Gasteiger partial charge in [0.1, 0.15) is 0 Å². The first-order chi connectivity index (χ1) is 26.7. The Morgan fingerprint density at radius 3 is 1.80 bits per heavy atom. The van der Waals surface area contributed by atoms with Crippen LogP contribution in [-0.4, -0.2) is 32.6 Å². The van der Waals surface area contributed by atoms with Crippen LogP contribution in [0.4, 0.5) is 5.69 Å². The Morgan fingerprint density at radius 1 is 0.582 bits per heavy atom. The van der Waals surface area contributed by atoms with E-state index in [0.29, 0.717) is 0 Å². The number of benzene rings is 7. The first-order valence-corrected chi connectivity index (χ1v) is 17.9. The molecule has 0 amide bonds. The standard InChI is InChI=1S/C28H21BN3.C19H13N2O.Ir/c1-31-26-18-9-8-15-25(26)28-30-19-20-32(28)29(31)27-23(21-11-4-2-5-12-21)16-10-17-24(27)22-13-6-3-7-14-22;22-19-20(15-9-3-1-4-10-15)17-13-7-8-14-18(17)21(19)16-11-5-2-6-12-16;/h2-14,16-20H,1H3;1-11,13-14H;/q2*-1;. The molecule has 6 nitrogen and oxygen atoms in total. The summed E-state index contributed by atoms with van der Waals surface area (Å²) < 4.78 is 5.70. The van der Waals surface area contributed by atoms with E-state index in [1.165, 1.54) is 27.7 Å². The average molecular weight is 888 g/mol. The summed E-state index contributed by atoms with van der Waals surface area (Å²) in [7, 11) is 2.16. The fraction of sp³-hybridized carbons (Fsp3) is 0.0213. The van der Waals surface area contributed by atoms with Gasteiger partial charge in [-0.3, -0.25) is 14.1 Å². The molecule has 0 bridgehead atoms. The summed E-state index contributed by atoms with van der Waals surface area (Å²) >= 11 is 0. The van der Waals surface area contributed by atoms with E-state index in [9.17, 15) is 4.79 Å². The molecule has 0 spiro atoms. The number of anilines is 1. The fourth-order valence-electron chi connectivity index (χ4n) is 7.57. The largest absolute Gasteiger partial charge is 0.436 e. The molecular weight excluding hydrogens is 854 g/mol. The van der Waals surface area contributed by atoms with Gasteiger partial charge in [-0.2, -0.15) is 24.3 Å². The molecule has 0 unspecified atom stereocenters. The van der Waals surface area contributed by atoms with E-state index in [-0.39, 0.29) is 32.8 Å². The van der Waals surface area contributed by atoms with Crippen molar-refractivity contribution in [3.63, 3.8) is 0 Å². The van der Waals surface area contributed by atoms with Crippen molar-refractivity contribution in [1.82, 2.24) is 18.6 Å². The van der Waals surface area contributed by atoms with Gasteiger partial charge in [-0.05, 0) is 59.0 Å². The summed E-state index contributed by atoms with van der Waals surface area (Å²) in [6, 6.07) is 65.6. The first-order valence-electron chi connectivity index (χ1n) is 17.9. The molecule has 1 radical (unpaired) electrons. The van der Waals surface area contributed by atoms with E-state index in [1.807, 2.05) is 97.2 Å². The molecule has 0 fully saturated rings. The van der Waals surface area contributed by atoms with E-state index in [2.05, 4.69) is 120 Å². The normalized spacial score (nSPS) is 11.6. The average Bonchev–Trinajstić information content (AvgIpc) is 3.85. The third-order valence-electron chi connectivity index (χ3n) is 9.96. The van der Waals surface area contributed by atoms with Crippen LogP contribution in [0.2, 0.25) is 0 Å². The van der Waals surface area contributed by atoms with Crippen LogP contribution in [0.25, 0.3) is 56.0 Å².